The smallest absolute Gasteiger partial charge is 0.301 e. The van der Waals surface area contributed by atoms with Crippen molar-refractivity contribution in [3.8, 4) is 11.5 Å². The van der Waals surface area contributed by atoms with E-state index in [1.807, 2.05) is 49.4 Å². The van der Waals surface area contributed by atoms with Crippen molar-refractivity contribution in [3.63, 3.8) is 0 Å². The number of thiazole rings is 1. The van der Waals surface area contributed by atoms with Crippen LogP contribution in [0.3, 0.4) is 0 Å². The van der Waals surface area contributed by atoms with E-state index < -0.39 is 17.7 Å². The van der Waals surface area contributed by atoms with E-state index in [0.29, 0.717) is 33.9 Å². The number of fused-ring (bicyclic) bond motifs is 2. The summed E-state index contributed by atoms with van der Waals surface area (Å²) in [5.74, 6) is -0.284. The van der Waals surface area contributed by atoms with Gasteiger partial charge in [0.15, 0.2) is 5.13 Å². The first-order chi connectivity index (χ1) is 17.8. The van der Waals surface area contributed by atoms with Crippen LogP contribution in [0.5, 0.6) is 11.5 Å². The van der Waals surface area contributed by atoms with E-state index in [0.717, 1.165) is 20.5 Å². The number of rotatable bonds is 4. The summed E-state index contributed by atoms with van der Waals surface area (Å²) in [7, 11) is 1.58. The molecule has 1 N–H and O–H groups in total. The number of Topliss-reactive ketones (excluding diaryl/α,β-unsaturated/α-hetero) is 1. The number of anilines is 1. The Bertz CT molecular complexity index is 1610. The molecule has 2 atom stereocenters. The SMILES string of the molecule is COc1ccc2nc(N3C(=O)C(=O)/C(=C(/O)c4ccc5c(c4)CC(C)O5)C3c3ccc(Br)cc3)sc2c1. The standard InChI is InChI=1S/C28H21BrN2O5S/c1-14-11-17-12-16(5-10-21(17)36-14)25(32)23-24(15-3-6-18(29)7-4-15)31(27(34)26(23)33)28-30-20-9-8-19(35-2)13-22(20)37-28/h3-10,12-14,24,32H,11H2,1-2H3/b25-23+. The fraction of sp³-hybridized carbons (Fsp3) is 0.179. The number of aliphatic hydroxyl groups is 1. The molecule has 9 heteroatoms. The first-order valence-electron chi connectivity index (χ1n) is 11.6. The van der Waals surface area contributed by atoms with Gasteiger partial charge in [0, 0.05) is 16.5 Å². The van der Waals surface area contributed by atoms with Gasteiger partial charge in [0.25, 0.3) is 5.78 Å². The number of ether oxygens (including phenoxy) is 2. The van der Waals surface area contributed by atoms with Crippen LogP contribution in [-0.2, 0) is 16.0 Å². The van der Waals surface area contributed by atoms with Gasteiger partial charge in [-0.2, -0.15) is 0 Å². The van der Waals surface area contributed by atoms with Crippen molar-refractivity contribution >= 4 is 60.1 Å². The number of nitrogens with zero attached hydrogens (tertiary/aromatic N) is 2. The van der Waals surface area contributed by atoms with Crippen LogP contribution in [0.15, 0.2) is 70.7 Å². The molecule has 1 fully saturated rings. The predicted molar refractivity (Wildman–Crippen MR) is 145 cm³/mol. The Morgan fingerprint density at radius 2 is 1.92 bits per heavy atom. The van der Waals surface area contributed by atoms with Gasteiger partial charge in [-0.3, -0.25) is 14.5 Å². The van der Waals surface area contributed by atoms with Crippen LogP contribution < -0.4 is 14.4 Å². The molecule has 0 spiro atoms. The summed E-state index contributed by atoms with van der Waals surface area (Å²) in [6.45, 7) is 1.98. The maximum absolute atomic E-state index is 13.5. The van der Waals surface area contributed by atoms with Crippen molar-refractivity contribution in [3.05, 3.63) is 87.4 Å². The molecule has 3 aromatic carbocycles. The predicted octanol–water partition coefficient (Wildman–Crippen LogP) is 6.02. The van der Waals surface area contributed by atoms with Crippen LogP contribution in [0.2, 0.25) is 0 Å². The number of ketones is 1. The van der Waals surface area contributed by atoms with Crippen molar-refractivity contribution < 1.29 is 24.2 Å². The summed E-state index contributed by atoms with van der Waals surface area (Å²) >= 11 is 4.74. The Balaban J connectivity index is 1.52. The quantitative estimate of drug-likeness (QED) is 0.181. The number of aliphatic hydroxyl groups excluding tert-OH is 1. The molecular weight excluding hydrogens is 556 g/mol. The number of carbonyl (C=O) groups is 2. The lowest BCUT2D eigenvalue weighted by atomic mass is 9.94. The molecule has 0 bridgehead atoms. The number of aromatic nitrogens is 1. The molecule has 2 aliphatic rings. The normalized spacial score (nSPS) is 20.4. The van der Waals surface area contributed by atoms with Crippen LogP contribution in [0.4, 0.5) is 5.13 Å². The van der Waals surface area contributed by atoms with Gasteiger partial charge in [0.05, 0.1) is 28.9 Å². The third kappa shape index (κ3) is 3.98. The highest BCUT2D eigenvalue weighted by Crippen LogP contribution is 2.45. The molecule has 0 radical (unpaired) electrons. The van der Waals surface area contributed by atoms with Gasteiger partial charge in [-0.1, -0.05) is 39.4 Å². The van der Waals surface area contributed by atoms with Gasteiger partial charge in [-0.15, -0.1) is 0 Å². The molecule has 1 amide bonds. The van der Waals surface area contributed by atoms with Gasteiger partial charge in [-0.05, 0) is 66.6 Å². The molecule has 0 aliphatic carbocycles. The largest absolute Gasteiger partial charge is 0.507 e. The number of methoxy groups -OCH3 is 1. The van der Waals surface area contributed by atoms with Crippen molar-refractivity contribution in [1.82, 2.24) is 4.98 Å². The number of benzene rings is 3. The van der Waals surface area contributed by atoms with Gasteiger partial charge in [0.2, 0.25) is 0 Å². The molecule has 1 saturated heterocycles. The van der Waals surface area contributed by atoms with Crippen molar-refractivity contribution in [2.45, 2.75) is 25.5 Å². The van der Waals surface area contributed by atoms with E-state index in [9.17, 15) is 14.7 Å². The number of carbonyl (C=O) groups excluding carboxylic acids is 2. The van der Waals surface area contributed by atoms with Gasteiger partial charge >= 0.3 is 5.91 Å². The Kier molecular flexibility index (Phi) is 5.77. The Labute approximate surface area is 225 Å². The molecule has 0 saturated carbocycles. The first kappa shape index (κ1) is 23.7. The van der Waals surface area contributed by atoms with E-state index in [-0.39, 0.29) is 17.4 Å². The van der Waals surface area contributed by atoms with E-state index in [2.05, 4.69) is 20.9 Å². The van der Waals surface area contributed by atoms with E-state index >= 15 is 0 Å². The van der Waals surface area contributed by atoms with Gasteiger partial charge in [-0.25, -0.2) is 4.98 Å². The molecular formula is C28H21BrN2O5S. The number of hydrogen-bond acceptors (Lipinski definition) is 7. The maximum atomic E-state index is 13.5. The maximum Gasteiger partial charge on any atom is 0.301 e. The Morgan fingerprint density at radius 3 is 2.68 bits per heavy atom. The zero-order chi connectivity index (χ0) is 25.8. The minimum absolute atomic E-state index is 0.0241. The monoisotopic (exact) mass is 576 g/mol. The third-order valence-electron chi connectivity index (χ3n) is 6.59. The van der Waals surface area contributed by atoms with Crippen molar-refractivity contribution in [1.29, 1.82) is 0 Å². The minimum Gasteiger partial charge on any atom is -0.507 e. The Hall–Kier alpha value is -3.69. The summed E-state index contributed by atoms with van der Waals surface area (Å²) in [5, 5.41) is 11.8. The van der Waals surface area contributed by atoms with Crippen molar-refractivity contribution in [2.75, 3.05) is 12.0 Å². The number of amides is 1. The third-order valence-corrected chi connectivity index (χ3v) is 8.14. The van der Waals surface area contributed by atoms with Crippen molar-refractivity contribution in [2.24, 2.45) is 0 Å². The lowest BCUT2D eigenvalue weighted by molar-refractivity contribution is -0.132. The molecule has 37 heavy (non-hydrogen) atoms. The molecule has 1 aromatic heterocycles. The first-order valence-corrected chi connectivity index (χ1v) is 13.3. The fourth-order valence-corrected chi connectivity index (χ4v) is 6.12. The van der Waals surface area contributed by atoms with Gasteiger partial charge < -0.3 is 14.6 Å². The highest BCUT2D eigenvalue weighted by molar-refractivity contribution is 9.10. The van der Waals surface area contributed by atoms with Crippen LogP contribution in [0.25, 0.3) is 16.0 Å². The molecule has 4 aromatic rings. The highest BCUT2D eigenvalue weighted by Gasteiger charge is 2.48. The van der Waals surface area contributed by atoms with Crippen LogP contribution in [0, 0.1) is 0 Å². The van der Waals surface area contributed by atoms with E-state index in [1.54, 1.807) is 25.3 Å². The summed E-state index contributed by atoms with van der Waals surface area (Å²) in [5.41, 5.74) is 2.80. The average molecular weight is 577 g/mol. The number of halogens is 1. The van der Waals surface area contributed by atoms with Crippen LogP contribution >= 0.6 is 27.3 Å². The number of hydrogen-bond donors (Lipinski definition) is 1. The zero-order valence-electron chi connectivity index (χ0n) is 19.9. The molecule has 3 heterocycles. The minimum atomic E-state index is -0.848. The van der Waals surface area contributed by atoms with Gasteiger partial charge in [0.1, 0.15) is 23.4 Å². The molecule has 2 aliphatic heterocycles. The van der Waals surface area contributed by atoms with E-state index in [1.165, 1.54) is 16.2 Å². The second-order valence-electron chi connectivity index (χ2n) is 9.01. The average Bonchev–Trinajstić information content (AvgIpc) is 3.55. The molecule has 186 valence electrons. The lowest BCUT2D eigenvalue weighted by Crippen LogP contribution is -2.29. The molecule has 6 rings (SSSR count). The van der Waals surface area contributed by atoms with Crippen LogP contribution in [-0.4, -0.2) is 35.0 Å². The topological polar surface area (TPSA) is 89.0 Å². The Morgan fingerprint density at radius 1 is 1.14 bits per heavy atom. The second-order valence-corrected chi connectivity index (χ2v) is 10.9. The second kappa shape index (κ2) is 9.00. The highest BCUT2D eigenvalue weighted by atomic mass is 79.9. The van der Waals surface area contributed by atoms with E-state index in [4.69, 9.17) is 9.47 Å². The summed E-state index contributed by atoms with van der Waals surface area (Å²) in [6.07, 6.45) is 0.745. The lowest BCUT2D eigenvalue weighted by Gasteiger charge is -2.23. The summed E-state index contributed by atoms with van der Waals surface area (Å²) < 4.78 is 12.8. The zero-order valence-corrected chi connectivity index (χ0v) is 22.3. The summed E-state index contributed by atoms with van der Waals surface area (Å²) in [4.78, 5) is 33.0. The summed E-state index contributed by atoms with van der Waals surface area (Å²) in [6, 6.07) is 17.3. The molecule has 7 nitrogen and oxygen atoms in total. The molecule has 2 unspecified atom stereocenters. The fourth-order valence-electron chi connectivity index (χ4n) is 4.84. The van der Waals surface area contributed by atoms with Crippen LogP contribution in [0.1, 0.15) is 29.7 Å².